The molecule has 0 bridgehead atoms. The van der Waals surface area contributed by atoms with Crippen LogP contribution in [-0.2, 0) is 18.3 Å². The number of halogens is 2. The van der Waals surface area contributed by atoms with E-state index in [0.717, 1.165) is 44.6 Å². The largest absolute Gasteiger partial charge is 0.356 e. The molecular formula is C22H31FIN5. The summed E-state index contributed by atoms with van der Waals surface area (Å²) < 4.78 is 15.3. The Hall–Kier alpha value is -1.64. The number of fused-ring (bicyclic) bond motifs is 1. The van der Waals surface area contributed by atoms with Crippen molar-refractivity contribution in [1.82, 2.24) is 20.4 Å². The number of nitrogens with one attached hydrogen (secondary N) is 2. The smallest absolute Gasteiger partial charge is 0.191 e. The third-order valence-electron chi connectivity index (χ3n) is 6.09. The van der Waals surface area contributed by atoms with Crippen LogP contribution in [0.4, 0.5) is 4.39 Å². The highest BCUT2D eigenvalue weighted by atomic mass is 127. The van der Waals surface area contributed by atoms with Crippen molar-refractivity contribution in [3.8, 4) is 0 Å². The van der Waals surface area contributed by atoms with Gasteiger partial charge in [-0.2, -0.15) is 5.10 Å². The summed E-state index contributed by atoms with van der Waals surface area (Å²) in [6.45, 7) is 5.14. The van der Waals surface area contributed by atoms with Gasteiger partial charge in [0.05, 0.1) is 5.69 Å². The minimum atomic E-state index is -0.179. The van der Waals surface area contributed by atoms with Gasteiger partial charge in [-0.3, -0.25) is 9.67 Å². The summed E-state index contributed by atoms with van der Waals surface area (Å²) in [7, 11) is 1.81. The van der Waals surface area contributed by atoms with E-state index in [-0.39, 0.29) is 35.2 Å². The fraction of sp³-hybridized carbons (Fsp3) is 0.545. The number of hydrogen-bond acceptors (Lipinski definition) is 2. The molecule has 1 unspecified atom stereocenters. The molecule has 0 aliphatic heterocycles. The van der Waals surface area contributed by atoms with Crippen molar-refractivity contribution in [1.29, 1.82) is 0 Å². The van der Waals surface area contributed by atoms with Gasteiger partial charge in [-0.25, -0.2) is 4.39 Å². The van der Waals surface area contributed by atoms with Crippen molar-refractivity contribution in [2.24, 2.45) is 4.99 Å². The molecule has 7 heteroatoms. The normalized spacial score (nSPS) is 20.0. The van der Waals surface area contributed by atoms with Gasteiger partial charge in [0.1, 0.15) is 5.82 Å². The Morgan fingerprint density at radius 3 is 2.66 bits per heavy atom. The summed E-state index contributed by atoms with van der Waals surface area (Å²) in [5, 5.41) is 11.8. The number of hydrogen-bond donors (Lipinski definition) is 2. The first kappa shape index (κ1) is 22.1. The van der Waals surface area contributed by atoms with Crippen LogP contribution in [0.15, 0.2) is 35.5 Å². The molecule has 1 fully saturated rings. The maximum Gasteiger partial charge on any atom is 0.191 e. The summed E-state index contributed by atoms with van der Waals surface area (Å²) in [6.07, 6.45) is 7.52. The van der Waals surface area contributed by atoms with Crippen LogP contribution in [0.1, 0.15) is 56.0 Å². The topological polar surface area (TPSA) is 54.2 Å². The molecule has 2 aliphatic carbocycles. The first-order valence-corrected chi connectivity index (χ1v) is 10.3. The van der Waals surface area contributed by atoms with Gasteiger partial charge in [0, 0.05) is 43.7 Å². The predicted octanol–water partition coefficient (Wildman–Crippen LogP) is 3.98. The zero-order valence-corrected chi connectivity index (χ0v) is 19.7. The second-order valence-electron chi connectivity index (χ2n) is 8.47. The van der Waals surface area contributed by atoms with E-state index in [1.807, 2.05) is 19.2 Å². The van der Waals surface area contributed by atoms with Gasteiger partial charge in [0.2, 0.25) is 0 Å². The third-order valence-corrected chi connectivity index (χ3v) is 6.09. The van der Waals surface area contributed by atoms with Crippen LogP contribution in [-0.4, -0.2) is 35.4 Å². The van der Waals surface area contributed by atoms with E-state index < -0.39 is 0 Å². The lowest BCUT2D eigenvalue weighted by atomic mass is 9.94. The van der Waals surface area contributed by atoms with Crippen LogP contribution in [0, 0.1) is 5.82 Å². The van der Waals surface area contributed by atoms with Crippen molar-refractivity contribution in [3.05, 3.63) is 53.1 Å². The van der Waals surface area contributed by atoms with Crippen LogP contribution >= 0.6 is 24.0 Å². The van der Waals surface area contributed by atoms with Crippen LogP contribution in [0.3, 0.4) is 0 Å². The molecule has 1 aromatic carbocycles. The number of aromatic nitrogens is 2. The molecule has 29 heavy (non-hydrogen) atoms. The van der Waals surface area contributed by atoms with Crippen molar-refractivity contribution in [2.75, 3.05) is 13.6 Å². The lowest BCUT2D eigenvalue weighted by Gasteiger charge is -2.26. The molecule has 4 rings (SSSR count). The molecular weight excluding hydrogens is 480 g/mol. The standard InChI is InChI=1S/C22H30FN5.HI/c1-15(2)28-13-16-4-9-19(12-20(16)27-28)26-21(24-3)25-14-22(10-11-22)17-5-7-18(23)8-6-17;/h5-8,13,15,19H,4,9-12,14H2,1-3H3,(H2,24,25,26);1H. The summed E-state index contributed by atoms with van der Waals surface area (Å²) in [4.78, 5) is 4.42. The minimum Gasteiger partial charge on any atom is -0.356 e. The first-order chi connectivity index (χ1) is 13.5. The molecule has 1 saturated carbocycles. The molecule has 0 amide bonds. The van der Waals surface area contributed by atoms with Gasteiger partial charge < -0.3 is 10.6 Å². The van der Waals surface area contributed by atoms with Gasteiger partial charge >= 0.3 is 0 Å². The van der Waals surface area contributed by atoms with Gasteiger partial charge in [0.25, 0.3) is 0 Å². The van der Waals surface area contributed by atoms with E-state index in [0.29, 0.717) is 12.1 Å². The van der Waals surface area contributed by atoms with E-state index in [4.69, 9.17) is 5.10 Å². The van der Waals surface area contributed by atoms with E-state index in [2.05, 4.69) is 40.4 Å². The molecule has 2 aliphatic rings. The third kappa shape index (κ3) is 4.92. The van der Waals surface area contributed by atoms with Gasteiger partial charge in [-0.1, -0.05) is 12.1 Å². The zero-order chi connectivity index (χ0) is 19.7. The molecule has 1 aromatic heterocycles. The Labute approximate surface area is 189 Å². The summed E-state index contributed by atoms with van der Waals surface area (Å²) in [5.74, 6) is 0.659. The highest BCUT2D eigenvalue weighted by molar-refractivity contribution is 14.0. The number of rotatable bonds is 5. The molecule has 1 atom stereocenters. The lowest BCUT2D eigenvalue weighted by Crippen LogP contribution is -2.47. The second kappa shape index (κ2) is 9.02. The van der Waals surface area contributed by atoms with Crippen molar-refractivity contribution < 1.29 is 4.39 Å². The number of nitrogens with zero attached hydrogens (tertiary/aromatic N) is 3. The second-order valence-corrected chi connectivity index (χ2v) is 8.47. The SMILES string of the molecule is CN=C(NCC1(c2ccc(F)cc2)CC1)NC1CCc2cn(C(C)C)nc2C1.I. The van der Waals surface area contributed by atoms with E-state index in [1.165, 1.54) is 16.8 Å². The maximum absolute atomic E-state index is 13.2. The highest BCUT2D eigenvalue weighted by Gasteiger charge is 2.44. The minimum absolute atomic E-state index is 0. The van der Waals surface area contributed by atoms with Crippen LogP contribution < -0.4 is 10.6 Å². The molecule has 2 N–H and O–H groups in total. The summed E-state index contributed by atoms with van der Waals surface area (Å²) in [5.41, 5.74) is 3.90. The average molecular weight is 511 g/mol. The van der Waals surface area contributed by atoms with Gasteiger partial charge in [-0.15, -0.1) is 24.0 Å². The van der Waals surface area contributed by atoms with E-state index >= 15 is 0 Å². The molecule has 2 aromatic rings. The quantitative estimate of drug-likeness (QED) is 0.363. The number of aliphatic imine (C=N–C) groups is 1. The lowest BCUT2D eigenvalue weighted by molar-refractivity contribution is 0.497. The molecule has 158 valence electrons. The fourth-order valence-corrected chi connectivity index (χ4v) is 4.06. The molecule has 5 nitrogen and oxygen atoms in total. The van der Waals surface area contributed by atoms with Crippen molar-refractivity contribution >= 4 is 29.9 Å². The number of aryl methyl sites for hydroxylation is 1. The Bertz CT molecular complexity index is 855. The Morgan fingerprint density at radius 2 is 2.03 bits per heavy atom. The van der Waals surface area contributed by atoms with E-state index in [9.17, 15) is 4.39 Å². The van der Waals surface area contributed by atoms with Crippen molar-refractivity contribution in [2.45, 2.75) is 63.5 Å². The predicted molar refractivity (Wildman–Crippen MR) is 126 cm³/mol. The monoisotopic (exact) mass is 511 g/mol. The average Bonchev–Trinajstić information content (AvgIpc) is 3.35. The van der Waals surface area contributed by atoms with Crippen LogP contribution in [0.2, 0.25) is 0 Å². The van der Waals surface area contributed by atoms with Crippen LogP contribution in [0.5, 0.6) is 0 Å². The van der Waals surface area contributed by atoms with Gasteiger partial charge in [-0.05, 0) is 62.8 Å². The zero-order valence-electron chi connectivity index (χ0n) is 17.4. The maximum atomic E-state index is 13.2. The van der Waals surface area contributed by atoms with Gasteiger partial charge in [0.15, 0.2) is 5.96 Å². The fourth-order valence-electron chi connectivity index (χ4n) is 4.06. The molecule has 0 saturated heterocycles. The number of benzene rings is 1. The molecule has 1 heterocycles. The summed E-state index contributed by atoms with van der Waals surface area (Å²) in [6, 6.07) is 7.67. The first-order valence-electron chi connectivity index (χ1n) is 10.3. The Balaban J connectivity index is 0.00000240. The molecule has 0 spiro atoms. The highest BCUT2D eigenvalue weighted by Crippen LogP contribution is 2.47. The number of guanidine groups is 1. The Kier molecular flexibility index (Phi) is 6.86. The van der Waals surface area contributed by atoms with E-state index in [1.54, 1.807) is 12.1 Å². The Morgan fingerprint density at radius 1 is 1.31 bits per heavy atom. The summed E-state index contributed by atoms with van der Waals surface area (Å²) >= 11 is 0. The van der Waals surface area contributed by atoms with Crippen molar-refractivity contribution in [3.63, 3.8) is 0 Å². The van der Waals surface area contributed by atoms with Crippen LogP contribution in [0.25, 0.3) is 0 Å². The molecule has 0 radical (unpaired) electrons.